The third-order valence-corrected chi connectivity index (χ3v) is 3.05. The zero-order valence-electron chi connectivity index (χ0n) is 10.7. The standard InChI is InChI=1S/C12H19N3O3/c1-8-4-15(5-11(7-17)18-8)12-13-3-10(6-16)9(2)14-12/h3,8,11,16-17H,4-7H2,1-2H3. The molecule has 18 heavy (non-hydrogen) atoms. The van der Waals surface area contributed by atoms with E-state index in [1.165, 1.54) is 0 Å². The van der Waals surface area contributed by atoms with Crippen LogP contribution in [0.4, 0.5) is 5.95 Å². The van der Waals surface area contributed by atoms with Gasteiger partial charge in [0.05, 0.1) is 25.4 Å². The molecular formula is C12H19N3O3. The highest BCUT2D eigenvalue weighted by atomic mass is 16.5. The molecule has 2 N–H and O–H groups in total. The molecule has 6 nitrogen and oxygen atoms in total. The highest BCUT2D eigenvalue weighted by Crippen LogP contribution is 2.17. The fourth-order valence-corrected chi connectivity index (χ4v) is 2.10. The van der Waals surface area contributed by atoms with Crippen LogP contribution in [-0.4, -0.2) is 52.1 Å². The van der Waals surface area contributed by atoms with E-state index < -0.39 is 0 Å². The van der Waals surface area contributed by atoms with E-state index >= 15 is 0 Å². The first-order valence-electron chi connectivity index (χ1n) is 6.08. The summed E-state index contributed by atoms with van der Waals surface area (Å²) in [6.07, 6.45) is 1.48. The number of ether oxygens (including phenoxy) is 1. The Morgan fingerprint density at radius 1 is 1.44 bits per heavy atom. The molecule has 2 unspecified atom stereocenters. The van der Waals surface area contributed by atoms with E-state index in [9.17, 15) is 5.11 Å². The van der Waals surface area contributed by atoms with Crippen LogP contribution in [0.15, 0.2) is 6.20 Å². The van der Waals surface area contributed by atoms with Crippen LogP contribution in [-0.2, 0) is 11.3 Å². The van der Waals surface area contributed by atoms with Crippen molar-refractivity contribution in [2.24, 2.45) is 0 Å². The fourth-order valence-electron chi connectivity index (χ4n) is 2.10. The summed E-state index contributed by atoms with van der Waals surface area (Å²) < 4.78 is 5.58. The number of aliphatic hydroxyl groups is 2. The molecule has 1 aliphatic rings. The normalized spacial score (nSPS) is 24.3. The molecule has 0 radical (unpaired) electrons. The molecule has 2 rings (SSSR count). The third-order valence-electron chi connectivity index (χ3n) is 3.05. The highest BCUT2D eigenvalue weighted by molar-refractivity contribution is 5.33. The van der Waals surface area contributed by atoms with Gasteiger partial charge in [0.1, 0.15) is 0 Å². The second kappa shape index (κ2) is 5.60. The second-order valence-electron chi connectivity index (χ2n) is 4.60. The first-order chi connectivity index (χ1) is 8.63. The molecule has 1 aliphatic heterocycles. The molecule has 0 spiro atoms. The quantitative estimate of drug-likeness (QED) is 0.781. The van der Waals surface area contributed by atoms with Crippen molar-refractivity contribution >= 4 is 5.95 Å². The van der Waals surface area contributed by atoms with Gasteiger partial charge in [-0.25, -0.2) is 9.97 Å². The van der Waals surface area contributed by atoms with Gasteiger partial charge in [0.25, 0.3) is 0 Å². The Kier molecular flexibility index (Phi) is 4.11. The molecule has 1 aromatic rings. The van der Waals surface area contributed by atoms with Crippen LogP contribution in [0.25, 0.3) is 0 Å². The van der Waals surface area contributed by atoms with Gasteiger partial charge in [0.15, 0.2) is 0 Å². The van der Waals surface area contributed by atoms with E-state index in [-0.39, 0.29) is 25.4 Å². The predicted octanol–water partition coefficient (Wildman–Crippen LogP) is -0.137. The second-order valence-corrected chi connectivity index (χ2v) is 4.60. The topological polar surface area (TPSA) is 78.7 Å². The average Bonchev–Trinajstić information content (AvgIpc) is 2.37. The van der Waals surface area contributed by atoms with Crippen LogP contribution in [0.3, 0.4) is 0 Å². The van der Waals surface area contributed by atoms with Gasteiger partial charge in [-0.15, -0.1) is 0 Å². The molecule has 0 amide bonds. The third kappa shape index (κ3) is 2.77. The summed E-state index contributed by atoms with van der Waals surface area (Å²) in [5.41, 5.74) is 1.51. The van der Waals surface area contributed by atoms with Gasteiger partial charge in [-0.1, -0.05) is 0 Å². The van der Waals surface area contributed by atoms with Crippen LogP contribution >= 0.6 is 0 Å². The molecule has 0 aliphatic carbocycles. The van der Waals surface area contributed by atoms with Crippen LogP contribution < -0.4 is 4.90 Å². The minimum atomic E-state index is -0.199. The van der Waals surface area contributed by atoms with Crippen LogP contribution in [0.1, 0.15) is 18.2 Å². The van der Waals surface area contributed by atoms with Gasteiger partial charge in [-0.2, -0.15) is 0 Å². The fraction of sp³-hybridized carbons (Fsp3) is 0.667. The van der Waals surface area contributed by atoms with E-state index in [1.54, 1.807) is 6.20 Å². The van der Waals surface area contributed by atoms with Crippen molar-refractivity contribution in [2.45, 2.75) is 32.7 Å². The monoisotopic (exact) mass is 253 g/mol. The van der Waals surface area contributed by atoms with Crippen molar-refractivity contribution in [1.82, 2.24) is 9.97 Å². The lowest BCUT2D eigenvalue weighted by atomic mass is 10.2. The van der Waals surface area contributed by atoms with E-state index in [2.05, 4.69) is 9.97 Å². The lowest BCUT2D eigenvalue weighted by Gasteiger charge is -2.36. The molecule has 0 aromatic carbocycles. The predicted molar refractivity (Wildman–Crippen MR) is 66.3 cm³/mol. The number of hydrogen-bond donors (Lipinski definition) is 2. The molecule has 1 aromatic heterocycles. The maximum absolute atomic E-state index is 9.18. The SMILES string of the molecule is Cc1nc(N2CC(C)OC(CO)C2)ncc1CO. The lowest BCUT2D eigenvalue weighted by Crippen LogP contribution is -2.48. The van der Waals surface area contributed by atoms with E-state index in [0.29, 0.717) is 19.0 Å². The molecule has 100 valence electrons. The Morgan fingerprint density at radius 3 is 2.83 bits per heavy atom. The van der Waals surface area contributed by atoms with Gasteiger partial charge in [-0.3, -0.25) is 0 Å². The van der Waals surface area contributed by atoms with Gasteiger partial charge in [0.2, 0.25) is 5.95 Å². The Bertz CT molecular complexity index is 414. The number of rotatable bonds is 3. The van der Waals surface area contributed by atoms with Gasteiger partial charge in [0, 0.05) is 30.5 Å². The Labute approximate surface area is 106 Å². The summed E-state index contributed by atoms with van der Waals surface area (Å²) >= 11 is 0. The Morgan fingerprint density at radius 2 is 2.22 bits per heavy atom. The van der Waals surface area contributed by atoms with Crippen molar-refractivity contribution in [1.29, 1.82) is 0 Å². The van der Waals surface area contributed by atoms with Crippen LogP contribution in [0, 0.1) is 6.92 Å². The minimum absolute atomic E-state index is 0.00541. The zero-order valence-corrected chi connectivity index (χ0v) is 10.7. The van der Waals surface area contributed by atoms with Gasteiger partial charge >= 0.3 is 0 Å². The van der Waals surface area contributed by atoms with Gasteiger partial charge in [-0.05, 0) is 13.8 Å². The van der Waals surface area contributed by atoms with Gasteiger partial charge < -0.3 is 19.8 Å². The van der Waals surface area contributed by atoms with E-state index in [4.69, 9.17) is 9.84 Å². The molecule has 2 heterocycles. The van der Waals surface area contributed by atoms with Crippen LogP contribution in [0.2, 0.25) is 0 Å². The molecule has 0 bridgehead atoms. The molecule has 1 saturated heterocycles. The first kappa shape index (κ1) is 13.2. The number of nitrogens with zero attached hydrogens (tertiary/aromatic N) is 3. The van der Waals surface area contributed by atoms with Crippen molar-refractivity contribution in [3.8, 4) is 0 Å². The van der Waals surface area contributed by atoms with Crippen molar-refractivity contribution in [3.05, 3.63) is 17.5 Å². The Balaban J connectivity index is 2.17. The summed E-state index contributed by atoms with van der Waals surface area (Å²) in [5, 5.41) is 18.3. The highest BCUT2D eigenvalue weighted by Gasteiger charge is 2.26. The summed E-state index contributed by atoms with van der Waals surface area (Å²) in [6.45, 7) is 5.04. The number of aliphatic hydroxyl groups excluding tert-OH is 2. The average molecular weight is 253 g/mol. The summed E-state index contributed by atoms with van der Waals surface area (Å²) in [4.78, 5) is 10.6. The minimum Gasteiger partial charge on any atom is -0.394 e. The smallest absolute Gasteiger partial charge is 0.225 e. The largest absolute Gasteiger partial charge is 0.394 e. The van der Waals surface area contributed by atoms with Crippen molar-refractivity contribution < 1.29 is 14.9 Å². The number of aryl methyl sites for hydroxylation is 1. The first-order valence-corrected chi connectivity index (χ1v) is 6.08. The number of aromatic nitrogens is 2. The molecule has 2 atom stereocenters. The number of morpholine rings is 1. The summed E-state index contributed by atoms with van der Waals surface area (Å²) in [6, 6.07) is 0. The maximum atomic E-state index is 9.18. The van der Waals surface area contributed by atoms with Crippen molar-refractivity contribution in [3.63, 3.8) is 0 Å². The van der Waals surface area contributed by atoms with Crippen molar-refractivity contribution in [2.75, 3.05) is 24.6 Å². The molecule has 6 heteroatoms. The zero-order chi connectivity index (χ0) is 13.1. The Hall–Kier alpha value is -1.24. The number of anilines is 1. The van der Waals surface area contributed by atoms with E-state index in [0.717, 1.165) is 11.3 Å². The van der Waals surface area contributed by atoms with Crippen LogP contribution in [0.5, 0.6) is 0 Å². The maximum Gasteiger partial charge on any atom is 0.225 e. The molecule has 1 fully saturated rings. The van der Waals surface area contributed by atoms with E-state index in [1.807, 2.05) is 18.7 Å². The lowest BCUT2D eigenvalue weighted by molar-refractivity contribution is -0.0425. The summed E-state index contributed by atoms with van der Waals surface area (Å²) in [7, 11) is 0. The molecular weight excluding hydrogens is 234 g/mol. The number of hydrogen-bond acceptors (Lipinski definition) is 6. The summed E-state index contributed by atoms with van der Waals surface area (Å²) in [5.74, 6) is 0.623. The molecule has 0 saturated carbocycles.